The van der Waals surface area contributed by atoms with Crippen LogP contribution in [0.25, 0.3) is 28.3 Å². The number of nitriles is 1. The van der Waals surface area contributed by atoms with E-state index in [2.05, 4.69) is 21.1 Å². The molecule has 2 atom stereocenters. The lowest BCUT2D eigenvalue weighted by atomic mass is 9.97. The first kappa shape index (κ1) is 18.7. The van der Waals surface area contributed by atoms with Crippen LogP contribution in [0.4, 0.5) is 9.18 Å². The second kappa shape index (κ2) is 6.91. The Bertz CT molecular complexity index is 1350. The summed E-state index contributed by atoms with van der Waals surface area (Å²) in [4.78, 5) is 21.5. The minimum Gasteiger partial charge on any atom is -0.465 e. The maximum Gasteiger partial charge on any atom is 0.407 e. The number of hydrogen-bond donors (Lipinski definition) is 1. The third-order valence-electron chi connectivity index (χ3n) is 5.67. The maximum atomic E-state index is 13.5. The van der Waals surface area contributed by atoms with E-state index in [1.54, 1.807) is 30.6 Å². The van der Waals surface area contributed by atoms with E-state index in [0.29, 0.717) is 40.5 Å². The lowest BCUT2D eigenvalue weighted by Gasteiger charge is -2.45. The van der Waals surface area contributed by atoms with E-state index < -0.39 is 6.09 Å². The van der Waals surface area contributed by atoms with Crippen LogP contribution in [-0.4, -0.2) is 52.8 Å². The van der Waals surface area contributed by atoms with Crippen LogP contribution in [0, 0.1) is 17.1 Å². The Balaban J connectivity index is 1.68. The Morgan fingerprint density at radius 1 is 1.23 bits per heavy atom. The highest BCUT2D eigenvalue weighted by Crippen LogP contribution is 2.37. The molecular formula is C21H16FN7O2. The number of aromatic nitrogens is 5. The molecule has 1 saturated heterocycles. The maximum absolute atomic E-state index is 13.5. The number of carbonyl (C=O) groups is 1. The fourth-order valence-corrected chi connectivity index (χ4v) is 3.92. The Hall–Kier alpha value is -4.26. The number of amides is 1. The molecule has 154 valence electrons. The molecule has 0 saturated carbocycles. The normalized spacial score (nSPS) is 18.0. The van der Waals surface area contributed by atoms with E-state index in [1.807, 2.05) is 11.5 Å². The molecule has 1 aliphatic rings. The second-order valence-electron chi connectivity index (χ2n) is 7.34. The molecule has 1 aliphatic heterocycles. The van der Waals surface area contributed by atoms with Gasteiger partial charge >= 0.3 is 6.09 Å². The van der Waals surface area contributed by atoms with Crippen molar-refractivity contribution < 1.29 is 14.3 Å². The Kier molecular flexibility index (Phi) is 4.18. The van der Waals surface area contributed by atoms with Crippen LogP contribution >= 0.6 is 0 Å². The van der Waals surface area contributed by atoms with E-state index >= 15 is 0 Å². The number of hydrogen-bond acceptors (Lipinski definition) is 5. The van der Waals surface area contributed by atoms with E-state index in [0.717, 1.165) is 0 Å². The summed E-state index contributed by atoms with van der Waals surface area (Å²) >= 11 is 0. The zero-order valence-electron chi connectivity index (χ0n) is 16.3. The van der Waals surface area contributed by atoms with Gasteiger partial charge in [-0.05, 0) is 43.3 Å². The number of nitrogens with zero attached hydrogens (tertiary/aromatic N) is 7. The van der Waals surface area contributed by atoms with Crippen LogP contribution < -0.4 is 0 Å². The van der Waals surface area contributed by atoms with E-state index in [4.69, 9.17) is 0 Å². The van der Waals surface area contributed by atoms with Crippen molar-refractivity contribution in [3.63, 3.8) is 0 Å². The van der Waals surface area contributed by atoms with Gasteiger partial charge in [-0.3, -0.25) is 0 Å². The van der Waals surface area contributed by atoms with Gasteiger partial charge in [-0.1, -0.05) is 0 Å². The van der Waals surface area contributed by atoms with Gasteiger partial charge in [-0.2, -0.15) is 10.4 Å². The number of rotatable bonds is 3. The summed E-state index contributed by atoms with van der Waals surface area (Å²) in [6.07, 6.45) is 2.13. The third kappa shape index (κ3) is 2.90. The fourth-order valence-electron chi connectivity index (χ4n) is 3.92. The molecule has 1 amide bonds. The lowest BCUT2D eigenvalue weighted by Crippen LogP contribution is -2.57. The molecule has 0 spiro atoms. The average molecular weight is 417 g/mol. The molecule has 3 aromatic heterocycles. The fraction of sp³-hybridized carbons (Fsp3) is 0.190. The summed E-state index contributed by atoms with van der Waals surface area (Å²) in [5.74, 6) is -0.355. The molecule has 4 heterocycles. The summed E-state index contributed by atoms with van der Waals surface area (Å²) in [5, 5.41) is 23.3. The van der Waals surface area contributed by atoms with Crippen LogP contribution in [0.15, 0.2) is 48.9 Å². The van der Waals surface area contributed by atoms with E-state index in [9.17, 15) is 19.6 Å². The molecular weight excluding hydrogens is 401 g/mol. The zero-order valence-corrected chi connectivity index (χ0v) is 16.3. The second-order valence-corrected chi connectivity index (χ2v) is 7.34. The summed E-state index contributed by atoms with van der Waals surface area (Å²) < 4.78 is 16.8. The van der Waals surface area contributed by atoms with Crippen LogP contribution in [0.3, 0.4) is 0 Å². The smallest absolute Gasteiger partial charge is 0.407 e. The number of benzene rings is 1. The molecule has 9 nitrogen and oxygen atoms in total. The van der Waals surface area contributed by atoms with Gasteiger partial charge < -0.3 is 14.6 Å². The number of imidazole rings is 2. The highest BCUT2D eigenvalue weighted by molar-refractivity contribution is 5.77. The molecule has 0 radical (unpaired) electrons. The van der Waals surface area contributed by atoms with Crippen LogP contribution in [0.1, 0.15) is 18.7 Å². The molecule has 1 fully saturated rings. The molecule has 4 aromatic rings. The third-order valence-corrected chi connectivity index (χ3v) is 5.67. The van der Waals surface area contributed by atoms with Gasteiger partial charge in [0.2, 0.25) is 0 Å². The summed E-state index contributed by atoms with van der Waals surface area (Å²) in [5.41, 5.74) is 3.31. The highest BCUT2D eigenvalue weighted by Gasteiger charge is 2.41. The van der Waals surface area contributed by atoms with Crippen molar-refractivity contribution in [1.82, 2.24) is 29.0 Å². The van der Waals surface area contributed by atoms with Crippen molar-refractivity contribution in [2.24, 2.45) is 0 Å². The summed E-state index contributed by atoms with van der Waals surface area (Å²) in [6.45, 7) is 2.16. The molecule has 10 heteroatoms. The van der Waals surface area contributed by atoms with Gasteiger partial charge in [0.1, 0.15) is 17.6 Å². The average Bonchev–Trinajstić information content (AvgIpc) is 3.36. The first-order valence-electron chi connectivity index (χ1n) is 9.55. The highest BCUT2D eigenvalue weighted by atomic mass is 19.1. The van der Waals surface area contributed by atoms with Gasteiger partial charge in [0, 0.05) is 12.1 Å². The first-order valence-corrected chi connectivity index (χ1v) is 9.55. The first-order chi connectivity index (χ1) is 15.0. The molecule has 1 N–H and O–H groups in total. The van der Waals surface area contributed by atoms with Gasteiger partial charge in [-0.15, -0.1) is 0 Å². The zero-order chi connectivity index (χ0) is 21.7. The van der Waals surface area contributed by atoms with Crippen molar-refractivity contribution in [1.29, 1.82) is 5.26 Å². The predicted octanol–water partition coefficient (Wildman–Crippen LogP) is 3.19. The number of likely N-dealkylation sites (tertiary alicyclic amines) is 1. The van der Waals surface area contributed by atoms with Gasteiger partial charge in [-0.25, -0.2) is 23.7 Å². The minimum atomic E-state index is -0.971. The van der Waals surface area contributed by atoms with Gasteiger partial charge in [0.25, 0.3) is 0 Å². The van der Waals surface area contributed by atoms with Gasteiger partial charge in [0.15, 0.2) is 11.3 Å². The number of carboxylic acid groups (broad SMARTS) is 1. The summed E-state index contributed by atoms with van der Waals surface area (Å²) in [6, 6.07) is 11.2. The monoisotopic (exact) mass is 417 g/mol. The van der Waals surface area contributed by atoms with Crippen molar-refractivity contribution >= 4 is 11.7 Å². The minimum absolute atomic E-state index is 0.136. The lowest BCUT2D eigenvalue weighted by molar-refractivity contribution is 0.0394. The van der Waals surface area contributed by atoms with E-state index in [1.165, 1.54) is 27.7 Å². The molecule has 0 bridgehead atoms. The predicted molar refractivity (Wildman–Crippen MR) is 108 cm³/mol. The van der Waals surface area contributed by atoms with Crippen LogP contribution in [0.5, 0.6) is 0 Å². The summed E-state index contributed by atoms with van der Waals surface area (Å²) in [7, 11) is 0. The largest absolute Gasteiger partial charge is 0.465 e. The van der Waals surface area contributed by atoms with Crippen LogP contribution in [0.2, 0.25) is 0 Å². The van der Waals surface area contributed by atoms with Gasteiger partial charge in [0.05, 0.1) is 36.0 Å². The molecule has 1 aromatic carbocycles. The Morgan fingerprint density at radius 3 is 2.68 bits per heavy atom. The topological polar surface area (TPSA) is 112 Å². The standard InChI is InChI=1S/C21H16FN7O2/c1-12-17(10-27(12)21(30)31)28-11-25-19(13-2-4-14(22)5-3-13)20(28)16-6-7-18-24-9-15(8-23)29(18)26-16/h2-7,9,11-12,17H,10H2,1H3,(H,30,31). The Labute approximate surface area is 175 Å². The molecule has 31 heavy (non-hydrogen) atoms. The molecule has 5 rings (SSSR count). The Morgan fingerprint density at radius 2 is 2.00 bits per heavy atom. The van der Waals surface area contributed by atoms with Crippen molar-refractivity contribution in [2.75, 3.05) is 6.54 Å². The SMILES string of the molecule is CC1C(n2cnc(-c3ccc(F)cc3)c2-c2ccc3ncc(C#N)n3n2)CN1C(=O)O. The molecule has 0 aliphatic carbocycles. The van der Waals surface area contributed by atoms with Crippen molar-refractivity contribution in [2.45, 2.75) is 19.0 Å². The molecule has 2 unspecified atom stereocenters. The van der Waals surface area contributed by atoms with Crippen LogP contribution in [-0.2, 0) is 0 Å². The van der Waals surface area contributed by atoms with Crippen molar-refractivity contribution in [3.05, 3.63) is 60.4 Å². The van der Waals surface area contributed by atoms with E-state index in [-0.39, 0.29) is 17.9 Å². The number of halogens is 1. The number of fused-ring (bicyclic) bond motifs is 1. The quantitative estimate of drug-likeness (QED) is 0.548. The van der Waals surface area contributed by atoms with Crippen molar-refractivity contribution in [3.8, 4) is 28.7 Å².